The first-order chi connectivity index (χ1) is 19.1. The Labute approximate surface area is 231 Å². The number of aliphatic carboxylic acids is 1. The molecule has 0 unspecified atom stereocenters. The molecule has 2 aliphatic carbocycles. The van der Waals surface area contributed by atoms with Crippen molar-refractivity contribution in [2.24, 2.45) is 0 Å². The Bertz CT molecular complexity index is 1630. The fourth-order valence-corrected chi connectivity index (χ4v) is 5.97. The van der Waals surface area contributed by atoms with Crippen molar-refractivity contribution in [3.63, 3.8) is 0 Å². The summed E-state index contributed by atoms with van der Waals surface area (Å²) in [5.74, 6) is -1.16. The van der Waals surface area contributed by atoms with Gasteiger partial charge >= 0.3 is 18.2 Å². The van der Waals surface area contributed by atoms with E-state index in [-0.39, 0.29) is 19.3 Å². The van der Waals surface area contributed by atoms with Crippen LogP contribution in [-0.2, 0) is 27.1 Å². The average molecular weight is 539 g/mol. The molecule has 0 spiro atoms. The minimum Gasteiger partial charge on any atom is -0.479 e. The number of carboxylic acid groups (broad SMARTS) is 1. The van der Waals surface area contributed by atoms with Crippen molar-refractivity contribution in [1.82, 2.24) is 9.88 Å². The summed E-state index contributed by atoms with van der Waals surface area (Å²) in [4.78, 5) is 39.3. The van der Waals surface area contributed by atoms with E-state index < -0.39 is 35.4 Å². The zero-order valence-electron chi connectivity index (χ0n) is 22.6. The third kappa shape index (κ3) is 4.20. The van der Waals surface area contributed by atoms with Gasteiger partial charge in [-0.05, 0) is 56.4 Å². The third-order valence-electron chi connectivity index (χ3n) is 7.68. The minimum absolute atomic E-state index is 0.000911. The van der Waals surface area contributed by atoms with E-state index >= 15 is 0 Å². The predicted octanol–water partition coefficient (Wildman–Crippen LogP) is 6.23. The largest absolute Gasteiger partial charge is 0.479 e. The van der Waals surface area contributed by atoms with Gasteiger partial charge in [0.15, 0.2) is 6.10 Å². The number of nitrogens with one attached hydrogen (secondary N) is 1. The Kier molecular flexibility index (Phi) is 5.94. The van der Waals surface area contributed by atoms with Crippen LogP contribution < -0.4 is 5.32 Å². The van der Waals surface area contributed by atoms with Crippen LogP contribution in [0.3, 0.4) is 0 Å². The average Bonchev–Trinajstić information content (AvgIpc) is 3.40. The summed E-state index contributed by atoms with van der Waals surface area (Å²) in [5, 5.41) is 13.9. The van der Waals surface area contributed by atoms with Crippen LogP contribution in [0.4, 0.5) is 9.59 Å². The summed E-state index contributed by atoms with van der Waals surface area (Å²) in [6, 6.07) is 22.8. The highest BCUT2D eigenvalue weighted by Crippen LogP contribution is 2.45. The molecular formula is C32H30N2O6. The number of fused-ring (bicyclic) bond motifs is 6. The first-order valence-corrected chi connectivity index (χ1v) is 13.3. The molecular weight excluding hydrogens is 508 g/mol. The number of amides is 1. The van der Waals surface area contributed by atoms with Crippen molar-refractivity contribution in [3.05, 3.63) is 95.2 Å². The Morgan fingerprint density at radius 3 is 2.15 bits per heavy atom. The Morgan fingerprint density at radius 2 is 1.52 bits per heavy atom. The van der Waals surface area contributed by atoms with Crippen LogP contribution >= 0.6 is 0 Å². The first kappa shape index (κ1) is 25.7. The number of rotatable bonds is 3. The number of hydrogen-bond donors (Lipinski definition) is 2. The molecule has 8 nitrogen and oxygen atoms in total. The highest BCUT2D eigenvalue weighted by atomic mass is 16.6. The molecule has 0 radical (unpaired) electrons. The van der Waals surface area contributed by atoms with Gasteiger partial charge in [0.25, 0.3) is 0 Å². The van der Waals surface area contributed by atoms with Gasteiger partial charge < -0.3 is 19.9 Å². The Morgan fingerprint density at radius 1 is 0.925 bits per heavy atom. The summed E-state index contributed by atoms with van der Waals surface area (Å²) in [7, 11) is 0. The quantitative estimate of drug-likeness (QED) is 0.320. The van der Waals surface area contributed by atoms with Gasteiger partial charge in [-0.3, -0.25) is 0 Å². The van der Waals surface area contributed by atoms with Gasteiger partial charge in [-0.1, -0.05) is 66.7 Å². The maximum Gasteiger partial charge on any atom is 0.419 e. The third-order valence-corrected chi connectivity index (χ3v) is 7.68. The number of ether oxygens (including phenoxy) is 2. The molecule has 204 valence electrons. The summed E-state index contributed by atoms with van der Waals surface area (Å²) in [6.07, 6.45) is -1.63. The van der Waals surface area contributed by atoms with Crippen LogP contribution in [0.5, 0.6) is 0 Å². The lowest BCUT2D eigenvalue weighted by molar-refractivity contribution is -0.145. The molecule has 0 saturated carbocycles. The molecule has 3 aromatic carbocycles. The van der Waals surface area contributed by atoms with Crippen molar-refractivity contribution in [3.8, 4) is 11.1 Å². The molecule has 6 rings (SSSR count). The molecule has 40 heavy (non-hydrogen) atoms. The van der Waals surface area contributed by atoms with Crippen molar-refractivity contribution in [2.75, 3.05) is 0 Å². The zero-order valence-corrected chi connectivity index (χ0v) is 22.6. The van der Waals surface area contributed by atoms with Crippen LogP contribution in [0.15, 0.2) is 72.8 Å². The van der Waals surface area contributed by atoms with Crippen molar-refractivity contribution < 1.29 is 29.0 Å². The summed E-state index contributed by atoms with van der Waals surface area (Å²) >= 11 is 0. The van der Waals surface area contributed by atoms with Gasteiger partial charge in [0.2, 0.25) is 0 Å². The number of carbonyl (C=O) groups is 3. The lowest BCUT2D eigenvalue weighted by atomic mass is 9.79. The molecule has 2 N–H and O–H groups in total. The standard InChI is InChI=1S/C32H30N2O6/c1-31(2,3)40-30(38)34-25-15-9-8-12-21(25)24-18-32(28(35)36,17-16-26(24)34)33-29(37)39-27-22-13-6-4-10-19(22)20-11-5-7-14-23(20)27/h4-15,27H,16-18H2,1-3H3,(H,33,37)(H,35,36)/t32-/m0/s1. The van der Waals surface area contributed by atoms with Crippen molar-refractivity contribution in [1.29, 1.82) is 0 Å². The van der Waals surface area contributed by atoms with Gasteiger partial charge in [0.05, 0.1) is 5.52 Å². The zero-order chi connectivity index (χ0) is 28.2. The van der Waals surface area contributed by atoms with E-state index in [2.05, 4.69) is 5.32 Å². The van der Waals surface area contributed by atoms with Gasteiger partial charge in [-0.15, -0.1) is 0 Å². The topological polar surface area (TPSA) is 107 Å². The fraction of sp³-hybridized carbons (Fsp3) is 0.281. The number of carbonyl (C=O) groups excluding carboxylic acids is 2. The van der Waals surface area contributed by atoms with Gasteiger partial charge in [0, 0.05) is 28.6 Å². The second kappa shape index (κ2) is 9.26. The van der Waals surface area contributed by atoms with Crippen LogP contribution in [0.1, 0.15) is 55.7 Å². The second-order valence-electron chi connectivity index (χ2n) is 11.4. The predicted molar refractivity (Wildman–Crippen MR) is 149 cm³/mol. The number of carboxylic acids is 1. The normalized spacial score (nSPS) is 18.0. The smallest absolute Gasteiger partial charge is 0.419 e. The fourth-order valence-electron chi connectivity index (χ4n) is 5.97. The molecule has 8 heteroatoms. The summed E-state index contributed by atoms with van der Waals surface area (Å²) in [5.41, 5.74) is 3.42. The van der Waals surface area contributed by atoms with Crippen LogP contribution in [0, 0.1) is 0 Å². The molecule has 2 aliphatic rings. The number of aromatic nitrogens is 1. The molecule has 1 heterocycles. The molecule has 0 aliphatic heterocycles. The number of benzene rings is 3. The Hall–Kier alpha value is -4.59. The number of hydrogen-bond acceptors (Lipinski definition) is 5. The van der Waals surface area contributed by atoms with Crippen molar-refractivity contribution in [2.45, 2.75) is 57.3 Å². The lowest BCUT2D eigenvalue weighted by Gasteiger charge is -2.34. The molecule has 0 fully saturated rings. The van der Waals surface area contributed by atoms with E-state index in [0.717, 1.165) is 27.6 Å². The maximum absolute atomic E-state index is 13.4. The molecule has 0 bridgehead atoms. The van der Waals surface area contributed by atoms with Crippen molar-refractivity contribution >= 4 is 29.1 Å². The van der Waals surface area contributed by atoms with Crippen LogP contribution in [0.2, 0.25) is 0 Å². The second-order valence-corrected chi connectivity index (χ2v) is 11.4. The SMILES string of the molecule is CC(C)(C)OC(=O)n1c2c(c3ccccc31)C[C@](NC(=O)OC1c3ccccc3-c3ccccc31)(C(=O)O)CC2. The highest BCUT2D eigenvalue weighted by Gasteiger charge is 2.46. The molecule has 4 aromatic rings. The number of alkyl carbamates (subject to hydrolysis) is 1. The highest BCUT2D eigenvalue weighted by molar-refractivity contribution is 5.96. The van der Waals surface area contributed by atoms with Gasteiger partial charge in [-0.2, -0.15) is 0 Å². The maximum atomic E-state index is 13.4. The van der Waals surface area contributed by atoms with E-state index in [0.29, 0.717) is 16.8 Å². The van der Waals surface area contributed by atoms with Gasteiger partial charge in [0.1, 0.15) is 11.1 Å². The Balaban J connectivity index is 1.32. The van der Waals surface area contributed by atoms with Gasteiger partial charge in [-0.25, -0.2) is 19.0 Å². The van der Waals surface area contributed by atoms with E-state index in [4.69, 9.17) is 9.47 Å². The molecule has 1 amide bonds. The number of nitrogens with zero attached hydrogens (tertiary/aromatic N) is 1. The monoisotopic (exact) mass is 538 g/mol. The van der Waals surface area contributed by atoms with E-state index in [9.17, 15) is 19.5 Å². The van der Waals surface area contributed by atoms with E-state index in [1.54, 1.807) is 20.8 Å². The van der Waals surface area contributed by atoms with Crippen LogP contribution in [-0.4, -0.2) is 39.0 Å². The van der Waals surface area contributed by atoms with E-state index in [1.165, 1.54) is 4.57 Å². The lowest BCUT2D eigenvalue weighted by Crippen LogP contribution is -2.58. The summed E-state index contributed by atoms with van der Waals surface area (Å²) < 4.78 is 13.1. The molecule has 0 saturated heterocycles. The minimum atomic E-state index is -1.61. The van der Waals surface area contributed by atoms with Crippen LogP contribution in [0.25, 0.3) is 22.0 Å². The first-order valence-electron chi connectivity index (χ1n) is 13.3. The van der Waals surface area contributed by atoms with E-state index in [1.807, 2.05) is 72.8 Å². The molecule has 1 aromatic heterocycles. The molecule has 1 atom stereocenters. The number of para-hydroxylation sites is 1. The summed E-state index contributed by atoms with van der Waals surface area (Å²) in [6.45, 7) is 5.40.